The van der Waals surface area contributed by atoms with Crippen LogP contribution < -0.4 is 0 Å². The SMILES string of the molecule is CSCC1(c2ccc(Cl)c(Cl)c2)CCCN(C(=O)OC(C)(C)C)C1. The van der Waals surface area contributed by atoms with Crippen LogP contribution in [-0.4, -0.2) is 41.7 Å². The van der Waals surface area contributed by atoms with Gasteiger partial charge in [-0.15, -0.1) is 0 Å². The second-order valence-electron chi connectivity index (χ2n) is 7.35. The number of hydrogen-bond acceptors (Lipinski definition) is 3. The number of nitrogens with zero attached hydrogens (tertiary/aromatic N) is 1. The summed E-state index contributed by atoms with van der Waals surface area (Å²) in [6.07, 6.45) is 3.81. The fourth-order valence-corrected chi connectivity index (χ4v) is 4.41. The maximum Gasteiger partial charge on any atom is 0.410 e. The molecule has 1 aliphatic rings. The van der Waals surface area contributed by atoms with Gasteiger partial charge in [-0.25, -0.2) is 4.79 Å². The quantitative estimate of drug-likeness (QED) is 0.670. The summed E-state index contributed by atoms with van der Waals surface area (Å²) in [6.45, 7) is 7.04. The van der Waals surface area contributed by atoms with Gasteiger partial charge >= 0.3 is 6.09 Å². The van der Waals surface area contributed by atoms with E-state index in [1.54, 1.807) is 11.8 Å². The first-order valence-electron chi connectivity index (χ1n) is 8.09. The van der Waals surface area contributed by atoms with Crippen LogP contribution in [0.15, 0.2) is 18.2 Å². The van der Waals surface area contributed by atoms with Crippen molar-refractivity contribution >= 4 is 41.1 Å². The van der Waals surface area contributed by atoms with Gasteiger partial charge in [0.1, 0.15) is 5.60 Å². The second kappa shape index (κ2) is 7.76. The number of thioether (sulfide) groups is 1. The van der Waals surface area contributed by atoms with E-state index in [1.165, 1.54) is 0 Å². The third-order valence-corrected chi connectivity index (χ3v) is 5.76. The monoisotopic (exact) mass is 389 g/mol. The van der Waals surface area contributed by atoms with Gasteiger partial charge in [0.05, 0.1) is 10.0 Å². The molecule has 0 radical (unpaired) electrons. The lowest BCUT2D eigenvalue weighted by molar-refractivity contribution is 0.0149. The molecule has 1 unspecified atom stereocenters. The number of likely N-dealkylation sites (tertiary alicyclic amines) is 1. The zero-order valence-electron chi connectivity index (χ0n) is 14.7. The van der Waals surface area contributed by atoms with E-state index in [1.807, 2.05) is 43.9 Å². The number of halogens is 2. The number of benzene rings is 1. The van der Waals surface area contributed by atoms with Crippen LogP contribution >= 0.6 is 35.0 Å². The molecule has 3 nitrogen and oxygen atoms in total. The van der Waals surface area contributed by atoms with E-state index in [-0.39, 0.29) is 11.5 Å². The molecule has 6 heteroatoms. The molecule has 1 heterocycles. The van der Waals surface area contributed by atoms with Gasteiger partial charge in [0.25, 0.3) is 0 Å². The van der Waals surface area contributed by atoms with Crippen molar-refractivity contribution in [1.82, 2.24) is 4.90 Å². The predicted octanol–water partition coefficient (Wildman–Crippen LogP) is 5.63. The van der Waals surface area contributed by atoms with Crippen LogP contribution in [0.3, 0.4) is 0 Å². The molecule has 1 aromatic carbocycles. The van der Waals surface area contributed by atoms with E-state index in [4.69, 9.17) is 27.9 Å². The first kappa shape index (κ1) is 19.7. The summed E-state index contributed by atoms with van der Waals surface area (Å²) in [4.78, 5) is 14.3. The average molecular weight is 390 g/mol. The van der Waals surface area contributed by atoms with E-state index < -0.39 is 5.60 Å². The molecular weight excluding hydrogens is 365 g/mol. The van der Waals surface area contributed by atoms with E-state index in [2.05, 4.69) is 6.26 Å². The Kier molecular flexibility index (Phi) is 6.38. The molecule has 1 atom stereocenters. The van der Waals surface area contributed by atoms with Gasteiger partial charge in [0.15, 0.2) is 0 Å². The molecular formula is C18H25Cl2NO2S. The lowest BCUT2D eigenvalue weighted by Gasteiger charge is -2.43. The fourth-order valence-electron chi connectivity index (χ4n) is 3.15. The minimum atomic E-state index is -0.486. The Morgan fingerprint density at radius 3 is 2.62 bits per heavy atom. The summed E-state index contributed by atoms with van der Waals surface area (Å²) in [5, 5.41) is 1.11. The van der Waals surface area contributed by atoms with Crippen LogP contribution in [0.5, 0.6) is 0 Å². The number of ether oxygens (including phenoxy) is 1. The van der Waals surface area contributed by atoms with Crippen LogP contribution in [-0.2, 0) is 10.2 Å². The standard InChI is InChI=1S/C18H25Cl2NO2S/c1-17(2,3)23-16(22)21-9-5-8-18(11-21,12-24-4)13-6-7-14(19)15(20)10-13/h6-7,10H,5,8-9,11-12H2,1-4H3. The molecule has 1 fully saturated rings. The largest absolute Gasteiger partial charge is 0.444 e. The topological polar surface area (TPSA) is 29.5 Å². The highest BCUT2D eigenvalue weighted by molar-refractivity contribution is 7.98. The number of amides is 1. The van der Waals surface area contributed by atoms with Gasteiger partial charge < -0.3 is 9.64 Å². The van der Waals surface area contributed by atoms with Crippen molar-refractivity contribution < 1.29 is 9.53 Å². The van der Waals surface area contributed by atoms with Gasteiger partial charge in [-0.1, -0.05) is 29.3 Å². The molecule has 0 N–H and O–H groups in total. The van der Waals surface area contributed by atoms with Crippen LogP contribution in [0.4, 0.5) is 4.79 Å². The molecule has 0 bridgehead atoms. The number of carbonyl (C=O) groups is 1. The van der Waals surface area contributed by atoms with Crippen LogP contribution in [0.1, 0.15) is 39.2 Å². The second-order valence-corrected chi connectivity index (χ2v) is 9.03. The molecule has 0 saturated carbocycles. The predicted molar refractivity (Wildman–Crippen MR) is 104 cm³/mol. The first-order valence-corrected chi connectivity index (χ1v) is 10.2. The summed E-state index contributed by atoms with van der Waals surface area (Å²) in [7, 11) is 0. The molecule has 0 aromatic heterocycles. The van der Waals surface area contributed by atoms with Crippen molar-refractivity contribution in [3.05, 3.63) is 33.8 Å². The van der Waals surface area contributed by atoms with Crippen molar-refractivity contribution in [2.45, 2.75) is 44.6 Å². The van der Waals surface area contributed by atoms with Crippen molar-refractivity contribution in [2.24, 2.45) is 0 Å². The summed E-state index contributed by atoms with van der Waals surface area (Å²) >= 11 is 14.1. The number of rotatable bonds is 3. The first-order chi connectivity index (χ1) is 11.2. The van der Waals surface area contributed by atoms with Crippen molar-refractivity contribution in [3.63, 3.8) is 0 Å². The Bertz CT molecular complexity index is 599. The van der Waals surface area contributed by atoms with E-state index in [0.29, 0.717) is 16.6 Å². The molecule has 2 rings (SSSR count). The molecule has 1 amide bonds. The highest BCUT2D eigenvalue weighted by atomic mass is 35.5. The summed E-state index contributed by atoms with van der Waals surface area (Å²) < 4.78 is 5.56. The van der Waals surface area contributed by atoms with Crippen molar-refractivity contribution in [1.29, 1.82) is 0 Å². The van der Waals surface area contributed by atoms with Gasteiger partial charge in [-0.3, -0.25) is 0 Å². The van der Waals surface area contributed by atoms with Gasteiger partial charge in [-0.05, 0) is 57.6 Å². The third-order valence-electron chi connectivity index (χ3n) is 4.18. The normalized spacial score (nSPS) is 21.7. The Hall–Kier alpha value is -0.580. The van der Waals surface area contributed by atoms with E-state index in [9.17, 15) is 4.79 Å². The van der Waals surface area contributed by atoms with Crippen LogP contribution in [0.25, 0.3) is 0 Å². The highest BCUT2D eigenvalue weighted by Crippen LogP contribution is 2.39. The van der Waals surface area contributed by atoms with Crippen molar-refractivity contribution in [3.8, 4) is 0 Å². The maximum atomic E-state index is 12.5. The van der Waals surface area contributed by atoms with Gasteiger partial charge in [0, 0.05) is 24.3 Å². The Morgan fingerprint density at radius 1 is 1.33 bits per heavy atom. The van der Waals surface area contributed by atoms with Crippen LogP contribution in [0.2, 0.25) is 10.0 Å². The zero-order chi connectivity index (χ0) is 18.0. The zero-order valence-corrected chi connectivity index (χ0v) is 17.0. The van der Waals surface area contributed by atoms with Crippen LogP contribution in [0, 0.1) is 0 Å². The summed E-state index contributed by atoms with van der Waals surface area (Å²) in [6, 6.07) is 5.81. The molecule has 0 aliphatic carbocycles. The minimum absolute atomic E-state index is 0.122. The van der Waals surface area contributed by atoms with Gasteiger partial charge in [0.2, 0.25) is 0 Å². The lowest BCUT2D eigenvalue weighted by atomic mass is 9.75. The lowest BCUT2D eigenvalue weighted by Crippen LogP contribution is -2.51. The Labute approximate surface area is 159 Å². The molecule has 1 saturated heterocycles. The summed E-state index contributed by atoms with van der Waals surface area (Å²) in [5.74, 6) is 0.921. The Morgan fingerprint density at radius 2 is 2.04 bits per heavy atom. The fraction of sp³-hybridized carbons (Fsp3) is 0.611. The number of carbonyl (C=O) groups excluding carboxylic acids is 1. The third kappa shape index (κ3) is 4.74. The average Bonchev–Trinajstić information content (AvgIpc) is 2.49. The van der Waals surface area contributed by atoms with Crippen molar-refractivity contribution in [2.75, 3.05) is 25.1 Å². The van der Waals surface area contributed by atoms with E-state index in [0.717, 1.165) is 30.7 Å². The number of hydrogen-bond donors (Lipinski definition) is 0. The molecule has 1 aliphatic heterocycles. The summed E-state index contributed by atoms with van der Waals surface area (Å²) in [5.41, 5.74) is 0.530. The molecule has 0 spiro atoms. The molecule has 1 aromatic rings. The highest BCUT2D eigenvalue weighted by Gasteiger charge is 2.39. The maximum absolute atomic E-state index is 12.5. The Balaban J connectivity index is 2.28. The van der Waals surface area contributed by atoms with Gasteiger partial charge in [-0.2, -0.15) is 11.8 Å². The molecule has 24 heavy (non-hydrogen) atoms. The minimum Gasteiger partial charge on any atom is -0.444 e. The smallest absolute Gasteiger partial charge is 0.410 e. The number of piperidine rings is 1. The molecule has 134 valence electrons. The van der Waals surface area contributed by atoms with E-state index >= 15 is 0 Å².